The van der Waals surface area contributed by atoms with Crippen LogP contribution in [0.15, 0.2) is 36.5 Å². The van der Waals surface area contributed by atoms with Crippen LogP contribution >= 0.6 is 0 Å². The maximum atomic E-state index is 13.1. The highest BCUT2D eigenvalue weighted by atomic mass is 16.6. The van der Waals surface area contributed by atoms with Crippen LogP contribution in [-0.2, 0) is 9.53 Å². The molecule has 3 heterocycles. The summed E-state index contributed by atoms with van der Waals surface area (Å²) in [4.78, 5) is 49.4. The minimum atomic E-state index is -0.628. The molecular formula is C26H33N5O4. The van der Waals surface area contributed by atoms with Crippen LogP contribution in [-0.4, -0.2) is 77.7 Å². The van der Waals surface area contributed by atoms with Crippen LogP contribution in [0.5, 0.6) is 0 Å². The third-order valence-electron chi connectivity index (χ3n) is 6.07. The number of pyridine rings is 1. The molecule has 186 valence electrons. The molecule has 35 heavy (non-hydrogen) atoms. The molecule has 1 aromatic carbocycles. The summed E-state index contributed by atoms with van der Waals surface area (Å²) < 4.78 is 5.37. The Morgan fingerprint density at radius 1 is 0.971 bits per heavy atom. The molecule has 2 aliphatic rings. The summed E-state index contributed by atoms with van der Waals surface area (Å²) in [7, 11) is 0. The van der Waals surface area contributed by atoms with E-state index in [0.29, 0.717) is 24.3 Å². The van der Waals surface area contributed by atoms with Crippen molar-refractivity contribution in [3.63, 3.8) is 0 Å². The molecule has 0 saturated carbocycles. The number of benzene rings is 1. The predicted octanol–water partition coefficient (Wildman–Crippen LogP) is 3.20. The molecule has 0 bridgehead atoms. The van der Waals surface area contributed by atoms with E-state index in [1.165, 1.54) is 9.80 Å². The van der Waals surface area contributed by atoms with Crippen molar-refractivity contribution >= 4 is 29.4 Å². The smallest absolute Gasteiger partial charge is 0.412 e. The van der Waals surface area contributed by atoms with Crippen LogP contribution in [0.25, 0.3) is 0 Å². The minimum Gasteiger partial charge on any atom is -0.444 e. The molecule has 0 atom stereocenters. The number of hydrogen-bond acceptors (Lipinski definition) is 6. The van der Waals surface area contributed by atoms with Crippen molar-refractivity contribution in [2.75, 3.05) is 49.2 Å². The highest BCUT2D eigenvalue weighted by Crippen LogP contribution is 2.23. The van der Waals surface area contributed by atoms with Gasteiger partial charge in [0.1, 0.15) is 24.6 Å². The van der Waals surface area contributed by atoms with Crippen LogP contribution in [0.3, 0.4) is 0 Å². The summed E-state index contributed by atoms with van der Waals surface area (Å²) in [6, 6.07) is 9.09. The van der Waals surface area contributed by atoms with Crippen LogP contribution in [0, 0.1) is 13.8 Å². The normalized spacial score (nSPS) is 16.7. The van der Waals surface area contributed by atoms with Crippen molar-refractivity contribution in [2.45, 2.75) is 40.2 Å². The molecular weight excluding hydrogens is 446 g/mol. The van der Waals surface area contributed by atoms with Gasteiger partial charge in [-0.3, -0.25) is 19.4 Å². The van der Waals surface area contributed by atoms with E-state index in [9.17, 15) is 14.4 Å². The second-order valence-electron chi connectivity index (χ2n) is 10.1. The third kappa shape index (κ3) is 5.55. The van der Waals surface area contributed by atoms with E-state index in [4.69, 9.17) is 4.74 Å². The molecule has 3 amide bonds. The Bertz CT molecular complexity index is 1120. The maximum Gasteiger partial charge on any atom is 0.412 e. The number of carbonyl (C=O) groups is 3. The summed E-state index contributed by atoms with van der Waals surface area (Å²) in [6.07, 6.45) is 1.36. The standard InChI is InChI=1S/C26H33N5O4/c1-18-14-19(2)23(27-15-18)28-10-12-29(13-11-28)24(33)20-6-8-21(9-7-20)31-17-30(16-22(31)32)25(34)35-26(3,4)5/h6-9,14-15H,10-13,16-17H2,1-5H3. The van der Waals surface area contributed by atoms with Gasteiger partial charge in [-0.05, 0) is 70.0 Å². The first kappa shape index (κ1) is 24.5. The number of carbonyl (C=O) groups excluding carboxylic acids is 3. The van der Waals surface area contributed by atoms with Gasteiger partial charge in [-0.2, -0.15) is 0 Å². The Hall–Kier alpha value is -3.62. The van der Waals surface area contributed by atoms with E-state index >= 15 is 0 Å². The highest BCUT2D eigenvalue weighted by molar-refractivity contribution is 6.00. The number of amides is 3. The van der Waals surface area contributed by atoms with E-state index in [-0.39, 0.29) is 25.0 Å². The predicted molar refractivity (Wildman–Crippen MR) is 134 cm³/mol. The van der Waals surface area contributed by atoms with Crippen molar-refractivity contribution in [3.05, 3.63) is 53.2 Å². The topological polar surface area (TPSA) is 86.3 Å². The zero-order valence-corrected chi connectivity index (χ0v) is 21.1. The maximum absolute atomic E-state index is 13.1. The highest BCUT2D eigenvalue weighted by Gasteiger charge is 2.34. The Morgan fingerprint density at radius 2 is 1.63 bits per heavy atom. The average Bonchev–Trinajstić information content (AvgIpc) is 3.20. The van der Waals surface area contributed by atoms with E-state index in [2.05, 4.69) is 22.9 Å². The first-order chi connectivity index (χ1) is 16.5. The van der Waals surface area contributed by atoms with Crippen LogP contribution in [0.4, 0.5) is 16.3 Å². The Morgan fingerprint density at radius 3 is 2.23 bits per heavy atom. The second kappa shape index (κ2) is 9.56. The van der Waals surface area contributed by atoms with E-state index in [1.807, 2.05) is 18.0 Å². The first-order valence-electron chi connectivity index (χ1n) is 11.9. The number of piperazine rings is 1. The molecule has 9 nitrogen and oxygen atoms in total. The van der Waals surface area contributed by atoms with Gasteiger partial charge in [0, 0.05) is 43.6 Å². The number of hydrogen-bond donors (Lipinski definition) is 0. The lowest BCUT2D eigenvalue weighted by Crippen LogP contribution is -2.49. The molecule has 0 aliphatic carbocycles. The van der Waals surface area contributed by atoms with E-state index in [1.54, 1.807) is 45.0 Å². The Balaban J connectivity index is 1.35. The van der Waals surface area contributed by atoms with Crippen molar-refractivity contribution in [1.82, 2.24) is 14.8 Å². The SMILES string of the molecule is Cc1cnc(N2CCN(C(=O)c3ccc(N4CN(C(=O)OC(C)(C)C)CC4=O)cc3)CC2)c(C)c1. The summed E-state index contributed by atoms with van der Waals surface area (Å²) in [5.74, 6) is 0.752. The molecule has 2 fully saturated rings. The average molecular weight is 480 g/mol. The number of aromatic nitrogens is 1. The van der Waals surface area contributed by atoms with Gasteiger partial charge in [0.05, 0.1) is 0 Å². The van der Waals surface area contributed by atoms with Crippen molar-refractivity contribution in [1.29, 1.82) is 0 Å². The fraction of sp³-hybridized carbons (Fsp3) is 0.462. The molecule has 0 unspecified atom stereocenters. The quantitative estimate of drug-likeness (QED) is 0.672. The molecule has 9 heteroatoms. The second-order valence-corrected chi connectivity index (χ2v) is 10.1. The number of ether oxygens (including phenoxy) is 1. The molecule has 2 aliphatic heterocycles. The molecule has 0 spiro atoms. The van der Waals surface area contributed by atoms with Gasteiger partial charge < -0.3 is 14.5 Å². The van der Waals surface area contributed by atoms with Gasteiger partial charge in [0.2, 0.25) is 5.91 Å². The summed E-state index contributed by atoms with van der Waals surface area (Å²) in [5, 5.41) is 0. The zero-order valence-electron chi connectivity index (χ0n) is 21.1. The monoisotopic (exact) mass is 479 g/mol. The molecule has 1 aromatic heterocycles. The summed E-state index contributed by atoms with van der Waals surface area (Å²) in [6.45, 7) is 12.2. The van der Waals surface area contributed by atoms with Crippen molar-refractivity contribution in [3.8, 4) is 0 Å². The lowest BCUT2D eigenvalue weighted by atomic mass is 10.1. The van der Waals surface area contributed by atoms with E-state index in [0.717, 1.165) is 30.0 Å². The number of aryl methyl sites for hydroxylation is 2. The zero-order chi connectivity index (χ0) is 25.3. The number of nitrogens with zero attached hydrogens (tertiary/aromatic N) is 5. The third-order valence-corrected chi connectivity index (χ3v) is 6.07. The van der Waals surface area contributed by atoms with Gasteiger partial charge in [-0.25, -0.2) is 9.78 Å². The van der Waals surface area contributed by atoms with Crippen LogP contribution in [0.1, 0.15) is 42.3 Å². The van der Waals surface area contributed by atoms with Gasteiger partial charge in [-0.15, -0.1) is 0 Å². The fourth-order valence-electron chi connectivity index (χ4n) is 4.35. The lowest BCUT2D eigenvalue weighted by Gasteiger charge is -2.36. The molecule has 0 radical (unpaired) electrons. The Labute approximate surface area is 206 Å². The van der Waals surface area contributed by atoms with E-state index < -0.39 is 11.7 Å². The van der Waals surface area contributed by atoms with Gasteiger partial charge in [0.25, 0.3) is 5.91 Å². The summed E-state index contributed by atoms with van der Waals surface area (Å²) in [5.41, 5.74) is 2.86. The first-order valence-corrected chi connectivity index (χ1v) is 11.9. The molecule has 4 rings (SSSR count). The van der Waals surface area contributed by atoms with Crippen molar-refractivity contribution in [2.24, 2.45) is 0 Å². The molecule has 2 saturated heterocycles. The fourth-order valence-corrected chi connectivity index (χ4v) is 4.35. The van der Waals surface area contributed by atoms with Gasteiger partial charge in [-0.1, -0.05) is 6.07 Å². The van der Waals surface area contributed by atoms with Gasteiger partial charge in [0.15, 0.2) is 0 Å². The van der Waals surface area contributed by atoms with Gasteiger partial charge >= 0.3 is 6.09 Å². The molecule has 2 aromatic rings. The number of anilines is 2. The van der Waals surface area contributed by atoms with Crippen molar-refractivity contribution < 1.29 is 19.1 Å². The Kier molecular flexibility index (Phi) is 6.69. The number of rotatable bonds is 3. The van der Waals surface area contributed by atoms with Crippen LogP contribution in [0.2, 0.25) is 0 Å². The minimum absolute atomic E-state index is 0.0326. The molecule has 0 N–H and O–H groups in total. The van der Waals surface area contributed by atoms with Crippen LogP contribution < -0.4 is 9.80 Å². The lowest BCUT2D eigenvalue weighted by molar-refractivity contribution is -0.116. The summed E-state index contributed by atoms with van der Waals surface area (Å²) >= 11 is 0. The largest absolute Gasteiger partial charge is 0.444 e.